The van der Waals surface area contributed by atoms with Crippen molar-refractivity contribution in [2.75, 3.05) is 13.7 Å². The van der Waals surface area contributed by atoms with Crippen LogP contribution in [-0.4, -0.2) is 24.4 Å². The Labute approximate surface area is 145 Å². The fraction of sp³-hybridized carbons (Fsp3) is 0.524. The molecule has 0 bridgehead atoms. The number of hydrogen-bond acceptors (Lipinski definition) is 3. The fourth-order valence-electron chi connectivity index (χ4n) is 3.93. The number of nitrogens with one attached hydrogen (secondary N) is 1. The molecule has 3 rings (SSSR count). The Morgan fingerprint density at radius 1 is 1.17 bits per heavy atom. The Hall–Kier alpha value is -1.58. The Morgan fingerprint density at radius 3 is 2.67 bits per heavy atom. The van der Waals surface area contributed by atoms with E-state index in [1.165, 1.54) is 30.2 Å². The molecule has 0 heterocycles. The summed E-state index contributed by atoms with van der Waals surface area (Å²) in [4.78, 5) is 0. The molecule has 1 fully saturated rings. The number of benzene rings is 2. The lowest BCUT2D eigenvalue weighted by Gasteiger charge is -2.35. The van der Waals surface area contributed by atoms with E-state index in [1.54, 1.807) is 7.11 Å². The minimum atomic E-state index is -0.624. The molecule has 2 N–H and O–H groups in total. The molecule has 24 heavy (non-hydrogen) atoms. The first kappa shape index (κ1) is 17.2. The molecule has 1 aliphatic carbocycles. The van der Waals surface area contributed by atoms with Gasteiger partial charge in [-0.1, -0.05) is 43.5 Å². The molecule has 0 spiro atoms. The first-order valence-corrected chi connectivity index (χ1v) is 9.09. The summed E-state index contributed by atoms with van der Waals surface area (Å²) in [5.74, 6) is 1.33. The van der Waals surface area contributed by atoms with Gasteiger partial charge in [0.1, 0.15) is 5.75 Å². The maximum Gasteiger partial charge on any atom is 0.127 e. The van der Waals surface area contributed by atoms with Crippen molar-refractivity contribution in [1.82, 2.24) is 5.32 Å². The van der Waals surface area contributed by atoms with Crippen LogP contribution in [0.25, 0.3) is 10.8 Å². The molecule has 2 aromatic carbocycles. The van der Waals surface area contributed by atoms with Crippen LogP contribution in [0, 0.1) is 5.92 Å². The summed E-state index contributed by atoms with van der Waals surface area (Å²) in [6.45, 7) is 3.35. The van der Waals surface area contributed by atoms with Crippen molar-refractivity contribution in [3.05, 3.63) is 42.0 Å². The summed E-state index contributed by atoms with van der Waals surface area (Å²) in [5, 5.41) is 16.6. The lowest BCUT2D eigenvalue weighted by molar-refractivity contribution is -0.0154. The predicted molar refractivity (Wildman–Crippen MR) is 99.4 cm³/mol. The molecule has 3 nitrogen and oxygen atoms in total. The van der Waals surface area contributed by atoms with Crippen LogP contribution < -0.4 is 10.1 Å². The van der Waals surface area contributed by atoms with Gasteiger partial charge in [0.15, 0.2) is 0 Å². The summed E-state index contributed by atoms with van der Waals surface area (Å²) in [5.41, 5.74) is 0.562. The van der Waals surface area contributed by atoms with Crippen LogP contribution >= 0.6 is 0 Å². The summed E-state index contributed by atoms with van der Waals surface area (Å²) < 4.78 is 5.53. The van der Waals surface area contributed by atoms with E-state index >= 15 is 0 Å². The molecule has 0 aromatic heterocycles. The van der Waals surface area contributed by atoms with Gasteiger partial charge in [0.05, 0.1) is 12.7 Å². The van der Waals surface area contributed by atoms with Crippen LogP contribution in [0.3, 0.4) is 0 Å². The topological polar surface area (TPSA) is 41.5 Å². The third-order valence-electron chi connectivity index (χ3n) is 5.40. The minimum absolute atomic E-state index is 0.421. The van der Waals surface area contributed by atoms with Crippen molar-refractivity contribution in [3.63, 3.8) is 0 Å². The van der Waals surface area contributed by atoms with Crippen molar-refractivity contribution < 1.29 is 9.84 Å². The van der Waals surface area contributed by atoms with Gasteiger partial charge in [-0.25, -0.2) is 0 Å². The van der Waals surface area contributed by atoms with E-state index in [2.05, 4.69) is 29.6 Å². The van der Waals surface area contributed by atoms with Gasteiger partial charge in [0.2, 0.25) is 0 Å². The van der Waals surface area contributed by atoms with Crippen LogP contribution in [0.15, 0.2) is 36.4 Å². The summed E-state index contributed by atoms with van der Waals surface area (Å²) in [6, 6.07) is 12.6. The Balaban J connectivity index is 1.65. The highest BCUT2D eigenvalue weighted by atomic mass is 16.5. The Bertz CT molecular complexity index is 675. The maximum atomic E-state index is 10.8. The lowest BCUT2D eigenvalue weighted by Crippen LogP contribution is -2.44. The average Bonchev–Trinajstić information content (AvgIpc) is 2.61. The molecule has 0 amide bonds. The minimum Gasteiger partial charge on any atom is -0.496 e. The quantitative estimate of drug-likeness (QED) is 0.832. The molecule has 3 heteroatoms. The van der Waals surface area contributed by atoms with E-state index in [0.29, 0.717) is 12.5 Å². The van der Waals surface area contributed by atoms with Crippen LogP contribution in [0.4, 0.5) is 0 Å². The molecular weight excluding hydrogens is 298 g/mol. The fourth-order valence-corrected chi connectivity index (χ4v) is 3.93. The van der Waals surface area contributed by atoms with Crippen molar-refractivity contribution in [2.24, 2.45) is 5.92 Å². The largest absolute Gasteiger partial charge is 0.496 e. The molecule has 0 saturated heterocycles. The van der Waals surface area contributed by atoms with Gasteiger partial charge >= 0.3 is 0 Å². The highest BCUT2D eigenvalue weighted by Gasteiger charge is 2.32. The van der Waals surface area contributed by atoms with Gasteiger partial charge in [0, 0.05) is 18.5 Å². The zero-order valence-electron chi connectivity index (χ0n) is 14.8. The number of ether oxygens (including phenoxy) is 1. The van der Waals surface area contributed by atoms with Crippen molar-refractivity contribution >= 4 is 10.8 Å². The first-order chi connectivity index (χ1) is 11.6. The molecule has 0 radical (unpaired) electrons. The zero-order valence-corrected chi connectivity index (χ0v) is 14.8. The van der Waals surface area contributed by atoms with Gasteiger partial charge in [-0.15, -0.1) is 0 Å². The monoisotopic (exact) mass is 327 g/mol. The van der Waals surface area contributed by atoms with Crippen molar-refractivity contribution in [1.29, 1.82) is 0 Å². The average molecular weight is 327 g/mol. The second-order valence-corrected chi connectivity index (χ2v) is 7.31. The standard InChI is InChI=1S/C21H29NO2/c1-21(23,18-9-4-3-5-10-18)15-22-14-16-12-17-8-6-7-11-19(17)20(13-16)24-2/h6-8,11-13,18,22-23H,3-5,9-10,14-15H2,1-2H3. The summed E-state index contributed by atoms with van der Waals surface area (Å²) in [7, 11) is 1.72. The second kappa shape index (κ2) is 7.54. The van der Waals surface area contributed by atoms with Crippen LogP contribution in [-0.2, 0) is 6.54 Å². The van der Waals surface area contributed by atoms with Gasteiger partial charge < -0.3 is 15.2 Å². The third kappa shape index (κ3) is 3.90. The van der Waals surface area contributed by atoms with Crippen LogP contribution in [0.1, 0.15) is 44.6 Å². The number of rotatable bonds is 6. The highest BCUT2D eigenvalue weighted by Crippen LogP contribution is 2.32. The van der Waals surface area contributed by atoms with E-state index in [0.717, 1.165) is 30.5 Å². The third-order valence-corrected chi connectivity index (χ3v) is 5.40. The van der Waals surface area contributed by atoms with Gasteiger partial charge in [0.25, 0.3) is 0 Å². The lowest BCUT2D eigenvalue weighted by atomic mass is 9.78. The normalized spacial score (nSPS) is 18.5. The van der Waals surface area contributed by atoms with E-state index in [9.17, 15) is 5.11 Å². The van der Waals surface area contributed by atoms with Gasteiger partial charge in [-0.3, -0.25) is 0 Å². The number of fused-ring (bicyclic) bond motifs is 1. The van der Waals surface area contributed by atoms with E-state index in [-0.39, 0.29) is 0 Å². The second-order valence-electron chi connectivity index (χ2n) is 7.31. The maximum absolute atomic E-state index is 10.8. The number of hydrogen-bond donors (Lipinski definition) is 2. The van der Waals surface area contributed by atoms with E-state index in [1.807, 2.05) is 19.1 Å². The molecule has 130 valence electrons. The Kier molecular flexibility index (Phi) is 5.42. The SMILES string of the molecule is COc1cc(CNCC(C)(O)C2CCCCC2)cc2ccccc12. The van der Waals surface area contributed by atoms with E-state index < -0.39 is 5.60 Å². The smallest absolute Gasteiger partial charge is 0.127 e. The molecule has 2 aromatic rings. The Morgan fingerprint density at radius 2 is 1.92 bits per heavy atom. The van der Waals surface area contributed by atoms with Crippen molar-refractivity contribution in [2.45, 2.75) is 51.2 Å². The zero-order chi connectivity index (χ0) is 17.0. The first-order valence-electron chi connectivity index (χ1n) is 9.09. The predicted octanol–water partition coefficient (Wildman–Crippen LogP) is 4.27. The molecule has 1 unspecified atom stereocenters. The summed E-state index contributed by atoms with van der Waals surface area (Å²) in [6.07, 6.45) is 6.12. The van der Waals surface area contributed by atoms with Gasteiger partial charge in [-0.05, 0) is 48.8 Å². The molecule has 1 aliphatic rings. The summed E-state index contributed by atoms with van der Waals surface area (Å²) >= 11 is 0. The van der Waals surface area contributed by atoms with E-state index in [4.69, 9.17) is 4.74 Å². The molecule has 1 atom stereocenters. The molecule has 1 saturated carbocycles. The van der Waals surface area contributed by atoms with Crippen molar-refractivity contribution in [3.8, 4) is 5.75 Å². The number of methoxy groups -OCH3 is 1. The highest BCUT2D eigenvalue weighted by molar-refractivity contribution is 5.89. The number of aliphatic hydroxyl groups is 1. The molecule has 0 aliphatic heterocycles. The van der Waals surface area contributed by atoms with Crippen LogP contribution in [0.2, 0.25) is 0 Å². The van der Waals surface area contributed by atoms with Crippen LogP contribution in [0.5, 0.6) is 5.75 Å². The van der Waals surface area contributed by atoms with Gasteiger partial charge in [-0.2, -0.15) is 0 Å². The molecular formula is C21H29NO2.